The van der Waals surface area contributed by atoms with Crippen molar-refractivity contribution in [2.45, 2.75) is 18.4 Å². The SMILES string of the molecule is Cc1cc(NN)nc(COc2ccc(S(C)(=O)=O)cc2)n1. The van der Waals surface area contributed by atoms with Crippen LogP contribution in [0.15, 0.2) is 35.2 Å². The number of rotatable bonds is 5. The fourth-order valence-corrected chi connectivity index (χ4v) is 2.33. The number of aromatic nitrogens is 2. The first kappa shape index (κ1) is 15.2. The average Bonchev–Trinajstić information content (AvgIpc) is 2.44. The minimum atomic E-state index is -3.20. The van der Waals surface area contributed by atoms with Crippen LogP contribution in [0.1, 0.15) is 11.5 Å². The topological polar surface area (TPSA) is 107 Å². The lowest BCUT2D eigenvalue weighted by atomic mass is 10.3. The minimum absolute atomic E-state index is 0.161. The second-order valence-electron chi connectivity index (χ2n) is 4.49. The van der Waals surface area contributed by atoms with Gasteiger partial charge in [-0.3, -0.25) is 0 Å². The van der Waals surface area contributed by atoms with Crippen LogP contribution in [0, 0.1) is 6.92 Å². The smallest absolute Gasteiger partial charge is 0.175 e. The third kappa shape index (κ3) is 4.14. The zero-order valence-electron chi connectivity index (χ0n) is 11.7. The molecule has 0 spiro atoms. The lowest BCUT2D eigenvalue weighted by Crippen LogP contribution is -2.12. The van der Waals surface area contributed by atoms with Gasteiger partial charge in [-0.05, 0) is 31.2 Å². The van der Waals surface area contributed by atoms with Crippen molar-refractivity contribution < 1.29 is 13.2 Å². The van der Waals surface area contributed by atoms with Crippen LogP contribution in [0.4, 0.5) is 5.82 Å². The summed E-state index contributed by atoms with van der Waals surface area (Å²) in [5, 5.41) is 0. The largest absolute Gasteiger partial charge is 0.486 e. The molecular formula is C13H16N4O3S. The molecule has 21 heavy (non-hydrogen) atoms. The van der Waals surface area contributed by atoms with Gasteiger partial charge in [0.2, 0.25) is 0 Å². The third-order valence-corrected chi connectivity index (χ3v) is 3.80. The van der Waals surface area contributed by atoms with Crippen LogP contribution in [0.2, 0.25) is 0 Å². The van der Waals surface area contributed by atoms with E-state index in [0.717, 1.165) is 11.9 Å². The van der Waals surface area contributed by atoms with Crippen molar-refractivity contribution in [1.82, 2.24) is 9.97 Å². The van der Waals surface area contributed by atoms with Gasteiger partial charge in [0.05, 0.1) is 4.90 Å². The molecule has 0 aliphatic heterocycles. The highest BCUT2D eigenvalue weighted by Crippen LogP contribution is 2.17. The summed E-state index contributed by atoms with van der Waals surface area (Å²) in [6.45, 7) is 1.99. The van der Waals surface area contributed by atoms with Gasteiger partial charge in [-0.15, -0.1) is 0 Å². The molecule has 1 heterocycles. The van der Waals surface area contributed by atoms with Crippen LogP contribution >= 0.6 is 0 Å². The molecule has 1 aromatic heterocycles. The number of ether oxygens (including phenoxy) is 1. The van der Waals surface area contributed by atoms with Crippen molar-refractivity contribution in [2.24, 2.45) is 5.84 Å². The fourth-order valence-electron chi connectivity index (χ4n) is 1.70. The molecule has 3 N–H and O–H groups in total. The molecule has 0 amide bonds. The molecule has 1 aromatic carbocycles. The first-order chi connectivity index (χ1) is 9.88. The highest BCUT2D eigenvalue weighted by Gasteiger charge is 2.07. The Kier molecular flexibility index (Phi) is 4.39. The maximum absolute atomic E-state index is 11.4. The second kappa shape index (κ2) is 6.06. The predicted octanol–water partition coefficient (Wildman–Crippen LogP) is 1.05. The number of anilines is 1. The van der Waals surface area contributed by atoms with Gasteiger partial charge in [-0.1, -0.05) is 0 Å². The van der Waals surface area contributed by atoms with Crippen molar-refractivity contribution >= 4 is 15.7 Å². The first-order valence-electron chi connectivity index (χ1n) is 6.12. The van der Waals surface area contributed by atoms with E-state index in [1.54, 1.807) is 18.2 Å². The number of nitrogens with zero attached hydrogens (tertiary/aromatic N) is 2. The Morgan fingerprint density at radius 1 is 1.24 bits per heavy atom. The third-order valence-electron chi connectivity index (χ3n) is 2.67. The van der Waals surface area contributed by atoms with E-state index in [9.17, 15) is 8.42 Å². The van der Waals surface area contributed by atoms with Gasteiger partial charge in [0.1, 0.15) is 18.2 Å². The number of aryl methyl sites for hydroxylation is 1. The van der Waals surface area contributed by atoms with E-state index in [1.807, 2.05) is 6.92 Å². The standard InChI is InChI=1S/C13H16N4O3S/c1-9-7-12(17-14)16-13(15-9)8-20-10-3-5-11(6-4-10)21(2,18)19/h3-7H,8,14H2,1-2H3,(H,15,16,17). The molecule has 0 unspecified atom stereocenters. The van der Waals surface area contributed by atoms with Crippen LogP contribution in [0.25, 0.3) is 0 Å². The monoisotopic (exact) mass is 308 g/mol. The number of hydrogen-bond acceptors (Lipinski definition) is 7. The van der Waals surface area contributed by atoms with E-state index in [0.29, 0.717) is 17.4 Å². The van der Waals surface area contributed by atoms with Crippen LogP contribution in [0.5, 0.6) is 5.75 Å². The quantitative estimate of drug-likeness (QED) is 0.628. The Balaban J connectivity index is 2.08. The summed E-state index contributed by atoms with van der Waals surface area (Å²) in [5.41, 5.74) is 3.22. The summed E-state index contributed by atoms with van der Waals surface area (Å²) in [5.74, 6) is 6.84. The zero-order valence-corrected chi connectivity index (χ0v) is 12.5. The number of sulfone groups is 1. The number of benzene rings is 1. The molecule has 0 bridgehead atoms. The summed E-state index contributed by atoms with van der Waals surface area (Å²) in [6, 6.07) is 7.89. The van der Waals surface area contributed by atoms with E-state index in [4.69, 9.17) is 10.6 Å². The highest BCUT2D eigenvalue weighted by atomic mass is 32.2. The van der Waals surface area contributed by atoms with E-state index in [1.165, 1.54) is 12.1 Å². The maximum Gasteiger partial charge on any atom is 0.175 e. The van der Waals surface area contributed by atoms with E-state index < -0.39 is 9.84 Å². The number of hydrogen-bond donors (Lipinski definition) is 2. The van der Waals surface area contributed by atoms with Crippen molar-refractivity contribution in [3.05, 3.63) is 41.9 Å². The molecule has 0 aliphatic carbocycles. The van der Waals surface area contributed by atoms with Gasteiger partial charge >= 0.3 is 0 Å². The lowest BCUT2D eigenvalue weighted by molar-refractivity contribution is 0.295. The number of nitrogens with two attached hydrogens (primary N) is 1. The summed E-state index contributed by atoms with van der Waals surface area (Å²) >= 11 is 0. The predicted molar refractivity (Wildman–Crippen MR) is 78.5 cm³/mol. The zero-order chi connectivity index (χ0) is 15.5. The number of hydrazine groups is 1. The lowest BCUT2D eigenvalue weighted by Gasteiger charge is -2.08. The molecule has 0 saturated heterocycles. The van der Waals surface area contributed by atoms with E-state index in [-0.39, 0.29) is 11.5 Å². The Labute approximate surface area is 123 Å². The highest BCUT2D eigenvalue weighted by molar-refractivity contribution is 7.90. The van der Waals surface area contributed by atoms with Crippen molar-refractivity contribution in [3.63, 3.8) is 0 Å². The number of nitrogens with one attached hydrogen (secondary N) is 1. The molecule has 0 aliphatic rings. The van der Waals surface area contributed by atoms with Gasteiger partial charge in [0.15, 0.2) is 15.7 Å². The number of nitrogen functional groups attached to an aromatic ring is 1. The molecule has 2 rings (SSSR count). The van der Waals surface area contributed by atoms with Gasteiger partial charge < -0.3 is 10.2 Å². The Hall–Kier alpha value is -2.19. The summed E-state index contributed by atoms with van der Waals surface area (Å²) in [4.78, 5) is 8.63. The van der Waals surface area contributed by atoms with Crippen molar-refractivity contribution in [1.29, 1.82) is 0 Å². The van der Waals surface area contributed by atoms with Crippen LogP contribution in [-0.2, 0) is 16.4 Å². The molecule has 8 heteroatoms. The second-order valence-corrected chi connectivity index (χ2v) is 6.50. The molecule has 7 nitrogen and oxygen atoms in total. The molecule has 0 saturated carbocycles. The van der Waals surface area contributed by atoms with Gasteiger partial charge in [-0.2, -0.15) is 0 Å². The van der Waals surface area contributed by atoms with Crippen LogP contribution in [-0.4, -0.2) is 24.6 Å². The first-order valence-corrected chi connectivity index (χ1v) is 8.02. The Morgan fingerprint density at radius 3 is 2.48 bits per heavy atom. The van der Waals surface area contributed by atoms with Crippen LogP contribution < -0.4 is 16.0 Å². The van der Waals surface area contributed by atoms with Crippen molar-refractivity contribution in [2.75, 3.05) is 11.7 Å². The molecule has 0 atom stereocenters. The van der Waals surface area contributed by atoms with E-state index in [2.05, 4.69) is 15.4 Å². The molecular weight excluding hydrogens is 292 g/mol. The average molecular weight is 308 g/mol. The Morgan fingerprint density at radius 2 is 1.90 bits per heavy atom. The van der Waals surface area contributed by atoms with Gasteiger partial charge in [0, 0.05) is 18.0 Å². The molecule has 112 valence electrons. The summed E-state index contributed by atoms with van der Waals surface area (Å²) < 4.78 is 28.2. The summed E-state index contributed by atoms with van der Waals surface area (Å²) in [6.07, 6.45) is 1.16. The van der Waals surface area contributed by atoms with E-state index >= 15 is 0 Å². The summed E-state index contributed by atoms with van der Waals surface area (Å²) in [7, 11) is -3.20. The van der Waals surface area contributed by atoms with Gasteiger partial charge in [-0.25, -0.2) is 24.2 Å². The fraction of sp³-hybridized carbons (Fsp3) is 0.231. The Bertz CT molecular complexity index is 730. The molecule has 0 radical (unpaired) electrons. The molecule has 0 fully saturated rings. The van der Waals surface area contributed by atoms with Crippen LogP contribution in [0.3, 0.4) is 0 Å². The molecule has 2 aromatic rings. The van der Waals surface area contributed by atoms with Crippen molar-refractivity contribution in [3.8, 4) is 5.75 Å². The maximum atomic E-state index is 11.4. The van der Waals surface area contributed by atoms with Gasteiger partial charge in [0.25, 0.3) is 0 Å². The minimum Gasteiger partial charge on any atom is -0.486 e. The normalized spacial score (nSPS) is 11.2.